The monoisotopic (exact) mass is 478 g/mol. The summed E-state index contributed by atoms with van der Waals surface area (Å²) >= 11 is 0. The van der Waals surface area contributed by atoms with Crippen molar-refractivity contribution in [1.29, 1.82) is 0 Å². The summed E-state index contributed by atoms with van der Waals surface area (Å²) in [6, 6.07) is 16.4. The average Bonchev–Trinajstić information content (AvgIpc) is 3.34. The van der Waals surface area contributed by atoms with Gasteiger partial charge in [0, 0.05) is 31.0 Å². The Hall–Kier alpha value is -3.35. The highest BCUT2D eigenvalue weighted by molar-refractivity contribution is 5.82. The largest absolute Gasteiger partial charge is 0.481 e. The minimum atomic E-state index is -0.831. The van der Waals surface area contributed by atoms with Crippen molar-refractivity contribution in [2.24, 2.45) is 17.3 Å². The molecule has 1 heterocycles. The summed E-state index contributed by atoms with van der Waals surface area (Å²) in [6.07, 6.45) is 0.0468. The van der Waals surface area contributed by atoms with Gasteiger partial charge >= 0.3 is 12.1 Å². The zero-order valence-corrected chi connectivity index (χ0v) is 20.6. The van der Waals surface area contributed by atoms with Gasteiger partial charge in [0.1, 0.15) is 6.61 Å². The Labute approximate surface area is 206 Å². The zero-order chi connectivity index (χ0) is 25.2. The molecule has 2 aromatic rings. The van der Waals surface area contributed by atoms with Crippen LogP contribution in [0.3, 0.4) is 0 Å². The molecular formula is C28H34N2O5. The number of alkyl carbamates (subject to hydrolysis) is 1. The molecule has 1 aliphatic carbocycles. The molecule has 0 radical (unpaired) electrons. The van der Waals surface area contributed by atoms with Crippen molar-refractivity contribution >= 4 is 18.0 Å². The van der Waals surface area contributed by atoms with Gasteiger partial charge in [0.2, 0.25) is 5.91 Å². The number of carboxylic acids is 1. The summed E-state index contributed by atoms with van der Waals surface area (Å²) in [7, 11) is 0. The SMILES string of the molecule is CC1CN(C(=O)C(C)(C)CCNC(=O)OCC2c3ccccc3-c3ccccc32)CC1CC(=O)O. The highest BCUT2D eigenvalue weighted by Gasteiger charge is 2.39. The number of hydrogen-bond acceptors (Lipinski definition) is 4. The number of carbonyl (C=O) groups is 3. The first kappa shape index (κ1) is 24.8. The molecule has 0 spiro atoms. The van der Waals surface area contributed by atoms with Gasteiger partial charge in [-0.3, -0.25) is 9.59 Å². The molecule has 35 heavy (non-hydrogen) atoms. The zero-order valence-electron chi connectivity index (χ0n) is 20.6. The molecule has 0 saturated carbocycles. The summed E-state index contributed by atoms with van der Waals surface area (Å²) < 4.78 is 5.58. The van der Waals surface area contributed by atoms with E-state index in [1.807, 2.05) is 45.0 Å². The number of rotatable bonds is 8. The quantitative estimate of drug-likeness (QED) is 0.582. The van der Waals surface area contributed by atoms with Crippen LogP contribution in [0.25, 0.3) is 11.1 Å². The number of carboxylic acid groups (broad SMARTS) is 1. The predicted octanol–water partition coefficient (Wildman–Crippen LogP) is 4.51. The topological polar surface area (TPSA) is 95.9 Å². The lowest BCUT2D eigenvalue weighted by atomic mass is 9.87. The average molecular weight is 479 g/mol. The Morgan fingerprint density at radius 1 is 1.03 bits per heavy atom. The minimum absolute atomic E-state index is 0.00192. The maximum atomic E-state index is 13.1. The number of amides is 2. The maximum absolute atomic E-state index is 13.1. The first-order chi connectivity index (χ1) is 16.7. The number of aliphatic carboxylic acids is 1. The van der Waals surface area contributed by atoms with Crippen LogP contribution in [-0.2, 0) is 14.3 Å². The van der Waals surface area contributed by atoms with Crippen molar-refractivity contribution in [2.75, 3.05) is 26.2 Å². The summed E-state index contributed by atoms with van der Waals surface area (Å²) in [5, 5.41) is 11.9. The van der Waals surface area contributed by atoms with Gasteiger partial charge in [0.05, 0.1) is 6.42 Å². The number of carbonyl (C=O) groups excluding carboxylic acids is 2. The molecule has 186 valence electrons. The number of hydrogen-bond donors (Lipinski definition) is 2. The fraction of sp³-hybridized carbons (Fsp3) is 0.464. The smallest absolute Gasteiger partial charge is 0.407 e. The number of fused-ring (bicyclic) bond motifs is 3. The molecule has 7 nitrogen and oxygen atoms in total. The second-order valence-electron chi connectivity index (χ2n) is 10.4. The number of ether oxygens (including phenoxy) is 1. The molecule has 2 atom stereocenters. The molecule has 7 heteroatoms. The van der Waals surface area contributed by atoms with Crippen molar-refractivity contribution in [3.63, 3.8) is 0 Å². The standard InChI is InChI=1S/C28H34N2O5/c1-18-15-30(16-19(18)14-25(31)32)26(33)28(2,3)12-13-29-27(34)35-17-24-22-10-6-4-8-20(22)21-9-5-7-11-23(21)24/h4-11,18-19,24H,12-17H2,1-3H3,(H,29,34)(H,31,32). The highest BCUT2D eigenvalue weighted by atomic mass is 16.5. The van der Waals surface area contributed by atoms with Crippen LogP contribution in [0.4, 0.5) is 4.79 Å². The van der Waals surface area contributed by atoms with Crippen molar-refractivity contribution in [3.8, 4) is 11.1 Å². The number of benzene rings is 2. The Balaban J connectivity index is 1.27. The van der Waals surface area contributed by atoms with Gasteiger partial charge in [-0.15, -0.1) is 0 Å². The van der Waals surface area contributed by atoms with Crippen LogP contribution in [0, 0.1) is 17.3 Å². The Morgan fingerprint density at radius 2 is 1.63 bits per heavy atom. The normalized spacial score (nSPS) is 19.2. The lowest BCUT2D eigenvalue weighted by Crippen LogP contribution is -2.42. The first-order valence-corrected chi connectivity index (χ1v) is 12.3. The third-order valence-corrected chi connectivity index (χ3v) is 7.43. The second kappa shape index (κ2) is 10.1. The molecule has 2 aromatic carbocycles. The fourth-order valence-corrected chi connectivity index (χ4v) is 5.35. The van der Waals surface area contributed by atoms with Gasteiger partial charge in [0.15, 0.2) is 0 Å². The van der Waals surface area contributed by atoms with Crippen molar-refractivity contribution in [1.82, 2.24) is 10.2 Å². The van der Waals surface area contributed by atoms with E-state index >= 15 is 0 Å². The second-order valence-corrected chi connectivity index (χ2v) is 10.4. The van der Waals surface area contributed by atoms with Crippen molar-refractivity contribution in [3.05, 3.63) is 59.7 Å². The Bertz CT molecular complexity index is 1070. The van der Waals surface area contributed by atoms with Crippen LogP contribution < -0.4 is 5.32 Å². The molecule has 2 amide bonds. The van der Waals surface area contributed by atoms with E-state index in [1.54, 1.807) is 4.90 Å². The van der Waals surface area contributed by atoms with Crippen LogP contribution in [0.2, 0.25) is 0 Å². The molecule has 2 aliphatic rings. The number of likely N-dealkylation sites (tertiary alicyclic amines) is 1. The van der Waals surface area contributed by atoms with Crippen LogP contribution in [0.15, 0.2) is 48.5 Å². The van der Waals surface area contributed by atoms with Gasteiger partial charge < -0.3 is 20.1 Å². The molecule has 0 aromatic heterocycles. The van der Waals surface area contributed by atoms with Gasteiger partial charge in [-0.1, -0.05) is 69.3 Å². The van der Waals surface area contributed by atoms with E-state index in [0.29, 0.717) is 26.1 Å². The van der Waals surface area contributed by atoms with Crippen LogP contribution >= 0.6 is 0 Å². The van der Waals surface area contributed by atoms with Gasteiger partial charge in [-0.05, 0) is 40.5 Å². The molecule has 4 rings (SSSR count). The van der Waals surface area contributed by atoms with E-state index in [9.17, 15) is 14.4 Å². The summed E-state index contributed by atoms with van der Waals surface area (Å²) in [6.45, 7) is 7.33. The van der Waals surface area contributed by atoms with Crippen molar-refractivity contribution in [2.45, 2.75) is 39.5 Å². The van der Waals surface area contributed by atoms with Gasteiger partial charge in [-0.25, -0.2) is 4.79 Å². The molecule has 1 saturated heterocycles. The van der Waals surface area contributed by atoms with Crippen LogP contribution in [0.1, 0.15) is 50.7 Å². The van der Waals surface area contributed by atoms with E-state index in [4.69, 9.17) is 9.84 Å². The molecule has 2 N–H and O–H groups in total. The van der Waals surface area contributed by atoms with E-state index < -0.39 is 17.5 Å². The Kier molecular flexibility index (Phi) is 7.15. The van der Waals surface area contributed by atoms with E-state index in [-0.39, 0.29) is 36.7 Å². The lowest BCUT2D eigenvalue weighted by Gasteiger charge is -2.29. The minimum Gasteiger partial charge on any atom is -0.481 e. The van der Waals surface area contributed by atoms with Gasteiger partial charge in [-0.2, -0.15) is 0 Å². The molecule has 0 bridgehead atoms. The summed E-state index contributed by atoms with van der Waals surface area (Å²) in [5.74, 6) is -0.702. The van der Waals surface area contributed by atoms with E-state index in [1.165, 1.54) is 11.1 Å². The molecule has 1 aliphatic heterocycles. The van der Waals surface area contributed by atoms with Crippen molar-refractivity contribution < 1.29 is 24.2 Å². The van der Waals surface area contributed by atoms with E-state index in [0.717, 1.165) is 11.1 Å². The number of nitrogens with zero attached hydrogens (tertiary/aromatic N) is 1. The first-order valence-electron chi connectivity index (χ1n) is 12.3. The lowest BCUT2D eigenvalue weighted by molar-refractivity contribution is -0.141. The molecule has 1 fully saturated rings. The summed E-state index contributed by atoms with van der Waals surface area (Å²) in [5.41, 5.74) is 4.01. The molecule has 2 unspecified atom stereocenters. The Morgan fingerprint density at radius 3 is 2.23 bits per heavy atom. The maximum Gasteiger partial charge on any atom is 0.407 e. The third kappa shape index (κ3) is 5.34. The highest BCUT2D eigenvalue weighted by Crippen LogP contribution is 2.44. The van der Waals surface area contributed by atoms with Crippen LogP contribution in [0.5, 0.6) is 0 Å². The van der Waals surface area contributed by atoms with Crippen LogP contribution in [-0.4, -0.2) is 54.2 Å². The van der Waals surface area contributed by atoms with E-state index in [2.05, 4.69) is 29.6 Å². The summed E-state index contributed by atoms with van der Waals surface area (Å²) in [4.78, 5) is 38.4. The fourth-order valence-electron chi connectivity index (χ4n) is 5.35. The number of nitrogens with one attached hydrogen (secondary N) is 1. The molecular weight excluding hydrogens is 444 g/mol. The van der Waals surface area contributed by atoms with Gasteiger partial charge in [0.25, 0.3) is 0 Å². The third-order valence-electron chi connectivity index (χ3n) is 7.43. The predicted molar refractivity (Wildman–Crippen MR) is 133 cm³/mol.